The number of hydrogen-bond acceptors (Lipinski definition) is 3. The van der Waals surface area contributed by atoms with Gasteiger partial charge in [0.1, 0.15) is 0 Å². The summed E-state index contributed by atoms with van der Waals surface area (Å²) in [6.45, 7) is 3.13. The van der Waals surface area contributed by atoms with Gasteiger partial charge in [-0.2, -0.15) is 0 Å². The smallest absolute Gasteiger partial charge is 0.0730 e. The number of para-hydroxylation sites is 1. The first-order chi connectivity index (χ1) is 15.9. The number of nitrogens with one attached hydrogen (secondary N) is 2. The molecule has 1 aromatic heterocycles. The third kappa shape index (κ3) is 6.54. The fraction of sp³-hybridized carbons (Fsp3) is 0.345. The summed E-state index contributed by atoms with van der Waals surface area (Å²) in [5, 5.41) is 9.60. The van der Waals surface area contributed by atoms with Gasteiger partial charge in [-0.1, -0.05) is 86.7 Å². The standard InChI is InChI=1S/C29H35N3/c1(2-4-11-20-30-23-24-14-7-6-8-15-24)3-5-12-21-31-28-18-13-19-29-26(28)22-25-16-9-10-17-27(25)32-29/h6-10,13-19,22,30-31H,1-5,11-12,20-21,23H2. The van der Waals surface area contributed by atoms with E-state index >= 15 is 0 Å². The zero-order chi connectivity index (χ0) is 21.8. The van der Waals surface area contributed by atoms with E-state index in [0.29, 0.717) is 0 Å². The molecule has 0 amide bonds. The minimum Gasteiger partial charge on any atom is -0.384 e. The number of unbranched alkanes of at least 4 members (excludes halogenated alkanes) is 6. The third-order valence-electron chi connectivity index (χ3n) is 6.08. The molecule has 4 aromatic rings. The fourth-order valence-electron chi connectivity index (χ4n) is 4.26. The van der Waals surface area contributed by atoms with Gasteiger partial charge in [0.2, 0.25) is 0 Å². The van der Waals surface area contributed by atoms with Crippen molar-refractivity contribution < 1.29 is 0 Å². The average molecular weight is 426 g/mol. The Balaban J connectivity index is 1.07. The Morgan fingerprint density at radius 1 is 0.594 bits per heavy atom. The lowest BCUT2D eigenvalue weighted by Crippen LogP contribution is -2.14. The van der Waals surface area contributed by atoms with E-state index in [2.05, 4.69) is 83.4 Å². The molecule has 0 unspecified atom stereocenters. The molecule has 3 nitrogen and oxygen atoms in total. The number of benzene rings is 3. The lowest BCUT2D eigenvalue weighted by molar-refractivity contribution is 0.560. The van der Waals surface area contributed by atoms with Crippen molar-refractivity contribution in [2.24, 2.45) is 0 Å². The SMILES string of the molecule is c1ccc(CNCCCCCCCCCNc2cccc3nc4ccccc4cc23)cc1. The summed E-state index contributed by atoms with van der Waals surface area (Å²) in [6.07, 6.45) is 9.16. The van der Waals surface area contributed by atoms with E-state index in [1.54, 1.807) is 0 Å². The lowest BCUT2D eigenvalue weighted by atomic mass is 10.1. The third-order valence-corrected chi connectivity index (χ3v) is 6.08. The van der Waals surface area contributed by atoms with Crippen LogP contribution in [0.3, 0.4) is 0 Å². The highest BCUT2D eigenvalue weighted by Gasteiger charge is 2.04. The van der Waals surface area contributed by atoms with Crippen molar-refractivity contribution in [2.45, 2.75) is 51.5 Å². The minimum atomic E-state index is 0.983. The number of nitrogens with zero attached hydrogens (tertiary/aromatic N) is 1. The van der Waals surface area contributed by atoms with E-state index in [1.165, 1.54) is 67.0 Å². The summed E-state index contributed by atoms with van der Waals surface area (Å²) in [5.74, 6) is 0. The van der Waals surface area contributed by atoms with Gasteiger partial charge in [0, 0.05) is 29.5 Å². The van der Waals surface area contributed by atoms with Gasteiger partial charge in [-0.15, -0.1) is 0 Å². The van der Waals surface area contributed by atoms with Crippen LogP contribution in [-0.4, -0.2) is 18.1 Å². The second kappa shape index (κ2) is 12.2. The van der Waals surface area contributed by atoms with Crippen LogP contribution in [0, 0.1) is 0 Å². The zero-order valence-corrected chi connectivity index (χ0v) is 19.0. The second-order valence-corrected chi connectivity index (χ2v) is 8.62. The topological polar surface area (TPSA) is 37.0 Å². The van der Waals surface area contributed by atoms with Gasteiger partial charge in [0.05, 0.1) is 11.0 Å². The Kier molecular flexibility index (Phi) is 8.50. The highest BCUT2D eigenvalue weighted by Crippen LogP contribution is 2.26. The molecule has 2 N–H and O–H groups in total. The van der Waals surface area contributed by atoms with Crippen molar-refractivity contribution >= 4 is 27.5 Å². The van der Waals surface area contributed by atoms with Crippen LogP contribution in [0.15, 0.2) is 78.9 Å². The van der Waals surface area contributed by atoms with E-state index < -0.39 is 0 Å². The molecule has 0 saturated heterocycles. The second-order valence-electron chi connectivity index (χ2n) is 8.62. The first-order valence-electron chi connectivity index (χ1n) is 12.2. The Bertz CT molecular complexity index is 1090. The molecule has 0 radical (unpaired) electrons. The zero-order valence-electron chi connectivity index (χ0n) is 19.0. The molecule has 3 aromatic carbocycles. The Morgan fingerprint density at radius 3 is 2.12 bits per heavy atom. The summed E-state index contributed by atoms with van der Waals surface area (Å²) in [4.78, 5) is 4.81. The molecular weight excluding hydrogens is 390 g/mol. The van der Waals surface area contributed by atoms with Crippen molar-refractivity contribution in [1.82, 2.24) is 10.3 Å². The van der Waals surface area contributed by atoms with E-state index in [9.17, 15) is 0 Å². The van der Waals surface area contributed by atoms with E-state index in [1.807, 2.05) is 6.07 Å². The highest BCUT2D eigenvalue weighted by molar-refractivity contribution is 5.99. The summed E-state index contributed by atoms with van der Waals surface area (Å²) in [7, 11) is 0. The van der Waals surface area contributed by atoms with E-state index in [4.69, 9.17) is 4.98 Å². The number of fused-ring (bicyclic) bond motifs is 2. The van der Waals surface area contributed by atoms with Crippen LogP contribution in [0.1, 0.15) is 50.5 Å². The predicted molar refractivity (Wildman–Crippen MR) is 138 cm³/mol. The normalized spacial score (nSPS) is 11.2. The maximum atomic E-state index is 4.81. The van der Waals surface area contributed by atoms with Crippen molar-refractivity contribution in [1.29, 1.82) is 0 Å². The van der Waals surface area contributed by atoms with Gasteiger partial charge in [-0.05, 0) is 49.2 Å². The molecule has 0 saturated carbocycles. The van der Waals surface area contributed by atoms with Gasteiger partial charge < -0.3 is 10.6 Å². The van der Waals surface area contributed by atoms with Crippen LogP contribution in [0.2, 0.25) is 0 Å². The van der Waals surface area contributed by atoms with E-state index in [0.717, 1.165) is 30.7 Å². The fourth-order valence-corrected chi connectivity index (χ4v) is 4.26. The quantitative estimate of drug-likeness (QED) is 0.174. The van der Waals surface area contributed by atoms with Crippen molar-refractivity contribution in [2.75, 3.05) is 18.4 Å². The molecule has 0 spiro atoms. The summed E-state index contributed by atoms with van der Waals surface area (Å²) in [5.41, 5.74) is 4.69. The van der Waals surface area contributed by atoms with Crippen LogP contribution < -0.4 is 10.6 Å². The number of rotatable bonds is 13. The monoisotopic (exact) mass is 425 g/mol. The number of aromatic nitrogens is 1. The Morgan fingerprint density at radius 2 is 1.28 bits per heavy atom. The Hall–Kier alpha value is -2.91. The molecule has 0 atom stereocenters. The lowest BCUT2D eigenvalue weighted by Gasteiger charge is -2.10. The molecule has 32 heavy (non-hydrogen) atoms. The van der Waals surface area contributed by atoms with Gasteiger partial charge in [0.15, 0.2) is 0 Å². The Labute approximate surface area is 192 Å². The van der Waals surface area contributed by atoms with E-state index in [-0.39, 0.29) is 0 Å². The molecule has 0 fully saturated rings. The summed E-state index contributed by atoms with van der Waals surface area (Å²) in [6, 6.07) is 27.6. The van der Waals surface area contributed by atoms with Crippen LogP contribution >= 0.6 is 0 Å². The predicted octanol–water partition coefficient (Wildman–Crippen LogP) is 7.32. The molecule has 1 heterocycles. The van der Waals surface area contributed by atoms with Gasteiger partial charge in [0.25, 0.3) is 0 Å². The molecule has 0 bridgehead atoms. The number of pyridine rings is 1. The number of anilines is 1. The molecule has 3 heteroatoms. The molecule has 0 aliphatic rings. The van der Waals surface area contributed by atoms with Crippen LogP contribution in [0.25, 0.3) is 21.8 Å². The van der Waals surface area contributed by atoms with Crippen molar-refractivity contribution in [3.63, 3.8) is 0 Å². The largest absolute Gasteiger partial charge is 0.384 e. The minimum absolute atomic E-state index is 0.983. The van der Waals surface area contributed by atoms with Crippen LogP contribution in [0.4, 0.5) is 5.69 Å². The van der Waals surface area contributed by atoms with Crippen molar-refractivity contribution in [3.05, 3.63) is 84.4 Å². The maximum absolute atomic E-state index is 4.81. The van der Waals surface area contributed by atoms with Gasteiger partial charge >= 0.3 is 0 Å². The highest BCUT2D eigenvalue weighted by atomic mass is 14.9. The summed E-state index contributed by atoms with van der Waals surface area (Å²) >= 11 is 0. The molecule has 0 aliphatic carbocycles. The molecule has 4 rings (SSSR count). The van der Waals surface area contributed by atoms with Gasteiger partial charge in [-0.25, -0.2) is 4.98 Å². The van der Waals surface area contributed by atoms with Crippen molar-refractivity contribution in [3.8, 4) is 0 Å². The van der Waals surface area contributed by atoms with Crippen LogP contribution in [-0.2, 0) is 6.54 Å². The summed E-state index contributed by atoms with van der Waals surface area (Å²) < 4.78 is 0. The number of hydrogen-bond donors (Lipinski definition) is 2. The van der Waals surface area contributed by atoms with Gasteiger partial charge in [-0.3, -0.25) is 0 Å². The maximum Gasteiger partial charge on any atom is 0.0730 e. The first kappa shape index (κ1) is 22.3. The molecular formula is C29H35N3. The molecule has 0 aliphatic heterocycles. The average Bonchev–Trinajstić information content (AvgIpc) is 2.84. The first-order valence-corrected chi connectivity index (χ1v) is 12.2. The molecule has 166 valence electrons. The van der Waals surface area contributed by atoms with Crippen LogP contribution in [0.5, 0.6) is 0 Å².